The molecule has 0 aliphatic heterocycles. The molecule has 0 N–H and O–H groups in total. The van der Waals surface area contributed by atoms with E-state index in [1.54, 1.807) is 9.13 Å². The molecule has 12 aromatic rings. The van der Waals surface area contributed by atoms with Gasteiger partial charge in [-0.15, -0.1) is 0 Å². The minimum atomic E-state index is -0.197. The van der Waals surface area contributed by atoms with Crippen LogP contribution in [0.15, 0.2) is 182 Å². The smallest absolute Gasteiger partial charge is 0.216 e. The van der Waals surface area contributed by atoms with E-state index in [-0.39, 0.29) is 53.0 Å². The minimum absolute atomic E-state index is 0. The number of pyridine rings is 2. The molecule has 4 heterocycles. The van der Waals surface area contributed by atoms with Crippen molar-refractivity contribution in [3.63, 3.8) is 0 Å². The van der Waals surface area contributed by atoms with Crippen molar-refractivity contribution < 1.29 is 51.6 Å². The summed E-state index contributed by atoms with van der Waals surface area (Å²) in [6.45, 7) is 12.9. The number of hydrogen-bond donors (Lipinski definition) is 0. The predicted molar refractivity (Wildman–Crippen MR) is 292 cm³/mol. The van der Waals surface area contributed by atoms with Crippen LogP contribution in [0.4, 0.5) is 0 Å². The molecule has 0 unspecified atom stereocenters. The maximum Gasteiger partial charge on any atom is 0.216 e. The van der Waals surface area contributed by atoms with Crippen molar-refractivity contribution in [2.24, 2.45) is 0 Å². The third kappa shape index (κ3) is 10.8. The average molecular weight is 1320 g/mol. The van der Waals surface area contributed by atoms with Gasteiger partial charge in [0.25, 0.3) is 0 Å². The zero-order valence-corrected chi connectivity index (χ0v) is 46.1. The summed E-state index contributed by atoms with van der Waals surface area (Å²) in [4.78, 5) is 9.11. The first-order valence-corrected chi connectivity index (χ1v) is 23.7. The summed E-state index contributed by atoms with van der Waals surface area (Å²) in [6, 6.07) is 75.0. The van der Waals surface area contributed by atoms with E-state index < -0.39 is 0 Å². The fraction of sp³-hybridized carbons (Fsp3) is 0.121. The molecule has 8 heteroatoms. The van der Waals surface area contributed by atoms with E-state index in [9.17, 15) is 0 Å². The van der Waals surface area contributed by atoms with Crippen molar-refractivity contribution in [2.75, 3.05) is 0 Å². The van der Waals surface area contributed by atoms with Crippen molar-refractivity contribution in [3.05, 3.63) is 230 Å². The number of ether oxygens (including phenoxy) is 2. The first-order chi connectivity index (χ1) is 34.9. The van der Waals surface area contributed by atoms with E-state index in [1.807, 2.05) is 146 Å². The van der Waals surface area contributed by atoms with Crippen molar-refractivity contribution in [1.82, 2.24) is 19.1 Å². The molecule has 0 aliphatic rings. The molecule has 0 atom stereocenters. The quantitative estimate of drug-likeness (QED) is 0.127. The Labute approximate surface area is 461 Å². The van der Waals surface area contributed by atoms with Crippen molar-refractivity contribution >= 4 is 65.2 Å². The largest absolute Gasteiger partial charge is 0.669 e. The third-order valence-electron chi connectivity index (χ3n) is 12.6. The molecule has 0 saturated carbocycles. The Balaban J connectivity index is 0.000000184. The molecule has 370 valence electrons. The zero-order valence-electron chi connectivity index (χ0n) is 41.6. The SMILES string of the molecule is CC(C)(C)c1c[c-]c(-c2[c-]cc(C(C)(C)C)c(Oc3cc4ccccc4cn3)[c-]2)[c-]c1Oc1cc2ccccc2cn1.[C-]#Cn1c2ccccc2c2ccccc21.[C-]#Cn1c2ccccc2c2ccccc21.[Pt].[Pt]. The van der Waals surface area contributed by atoms with Gasteiger partial charge in [0.2, 0.25) is 11.8 Å². The Morgan fingerprint density at radius 3 is 1.04 bits per heavy atom. The summed E-state index contributed by atoms with van der Waals surface area (Å²) in [5.74, 6) is 2.21. The van der Waals surface area contributed by atoms with E-state index in [0.29, 0.717) is 34.4 Å². The number of hydrogen-bond acceptors (Lipinski definition) is 4. The van der Waals surface area contributed by atoms with E-state index >= 15 is 0 Å². The number of rotatable bonds is 5. The normalized spacial score (nSPS) is 11.1. The number of para-hydroxylation sites is 4. The Hall–Kier alpha value is -7.72. The Bertz CT molecular complexity index is 3700. The predicted octanol–water partition coefficient (Wildman–Crippen LogP) is 16.2. The average Bonchev–Trinajstić information content (AvgIpc) is 3.90. The van der Waals surface area contributed by atoms with Gasteiger partial charge in [0.15, 0.2) is 0 Å². The van der Waals surface area contributed by atoms with Crippen molar-refractivity contribution in [3.8, 4) is 46.5 Å². The maximum atomic E-state index is 7.34. The standard InChI is InChI=1S/C38H32N2O2.2C14H8N.2Pt/c1-37(2,3)31-17-15-27(19-33(31)41-35-21-25-11-7-9-13-29(25)23-39-35)28-16-18-32(38(4,5)6)34(20-28)42-36-22-26-12-8-10-14-30(26)24-40-36;2*1-2-15-13-9-5-3-7-11(13)12-8-4-6-10-14(12)15;;/h7-14,17-18,21-24H,1-6H3;2*3-10H;;/q-4;2*-1;;. The molecule has 4 aromatic heterocycles. The van der Waals surface area contributed by atoms with E-state index in [4.69, 9.17) is 22.3 Å². The van der Waals surface area contributed by atoms with Gasteiger partial charge in [-0.1, -0.05) is 185 Å². The zero-order chi connectivity index (χ0) is 50.0. The molecule has 74 heavy (non-hydrogen) atoms. The number of fused-ring (bicyclic) bond motifs is 8. The molecule has 12 rings (SSSR count). The van der Waals surface area contributed by atoms with Gasteiger partial charge in [0, 0.05) is 99.0 Å². The van der Waals surface area contributed by atoms with Crippen LogP contribution in [0.25, 0.3) is 76.3 Å². The van der Waals surface area contributed by atoms with Crippen LogP contribution < -0.4 is 9.47 Å². The molecular formula is C66H48N4O2Pt2-6. The van der Waals surface area contributed by atoms with E-state index in [1.165, 1.54) is 21.5 Å². The third-order valence-corrected chi connectivity index (χ3v) is 12.6. The second kappa shape index (κ2) is 22.2. The van der Waals surface area contributed by atoms with Crippen LogP contribution in [0.5, 0.6) is 23.3 Å². The second-order valence-corrected chi connectivity index (χ2v) is 19.5. The first-order valence-electron chi connectivity index (χ1n) is 23.7. The van der Waals surface area contributed by atoms with Gasteiger partial charge >= 0.3 is 0 Å². The summed E-state index contributed by atoms with van der Waals surface area (Å²) in [5, 5.41) is 8.94. The molecule has 6 nitrogen and oxygen atoms in total. The summed E-state index contributed by atoms with van der Waals surface area (Å²) < 4.78 is 16.4. The van der Waals surface area contributed by atoms with Crippen LogP contribution in [0.1, 0.15) is 52.7 Å². The fourth-order valence-corrected chi connectivity index (χ4v) is 8.93. The van der Waals surface area contributed by atoms with Crippen LogP contribution in [0, 0.1) is 49.2 Å². The molecule has 0 bridgehead atoms. The molecule has 0 saturated heterocycles. The van der Waals surface area contributed by atoms with E-state index in [0.717, 1.165) is 54.7 Å². The minimum Gasteiger partial charge on any atom is -0.669 e. The van der Waals surface area contributed by atoms with Gasteiger partial charge in [-0.3, -0.25) is 0 Å². The Morgan fingerprint density at radius 1 is 0.432 bits per heavy atom. The van der Waals surface area contributed by atoms with Crippen LogP contribution in [-0.2, 0) is 53.0 Å². The monoisotopic (exact) mass is 1320 g/mol. The van der Waals surface area contributed by atoms with Gasteiger partial charge in [0.05, 0.1) is 22.1 Å². The number of benzene rings is 8. The molecule has 0 fully saturated rings. The first kappa shape index (κ1) is 52.6. The molecule has 8 aromatic carbocycles. The van der Waals surface area contributed by atoms with Gasteiger partial charge in [-0.05, 0) is 35.0 Å². The molecule has 0 amide bonds. The summed E-state index contributed by atoms with van der Waals surface area (Å²) in [6.07, 6.45) is 18.3. The molecular weight excluding hydrogens is 1270 g/mol. The Morgan fingerprint density at radius 2 is 0.730 bits per heavy atom. The van der Waals surface area contributed by atoms with E-state index in [2.05, 4.69) is 124 Å². The molecule has 0 radical (unpaired) electrons. The van der Waals surface area contributed by atoms with Crippen molar-refractivity contribution in [2.45, 2.75) is 52.4 Å². The number of nitrogens with zero attached hydrogens (tertiary/aromatic N) is 4. The van der Waals surface area contributed by atoms with Crippen LogP contribution in [0.2, 0.25) is 0 Å². The fourth-order valence-electron chi connectivity index (χ4n) is 8.93. The van der Waals surface area contributed by atoms with Gasteiger partial charge in [-0.25, -0.2) is 34.2 Å². The summed E-state index contributed by atoms with van der Waals surface area (Å²) in [7, 11) is 0. The topological polar surface area (TPSA) is 54.1 Å². The second-order valence-electron chi connectivity index (χ2n) is 19.5. The van der Waals surface area contributed by atoms with Gasteiger partial charge < -0.3 is 66.8 Å². The summed E-state index contributed by atoms with van der Waals surface area (Å²) in [5.41, 5.74) is 7.05. The van der Waals surface area contributed by atoms with Crippen LogP contribution >= 0.6 is 0 Å². The molecule has 0 aliphatic carbocycles. The van der Waals surface area contributed by atoms with Gasteiger partial charge in [0.1, 0.15) is 0 Å². The van der Waals surface area contributed by atoms with Gasteiger partial charge in [-0.2, -0.15) is 11.1 Å². The van der Waals surface area contributed by atoms with Crippen LogP contribution in [-0.4, -0.2) is 19.1 Å². The maximum absolute atomic E-state index is 7.34. The van der Waals surface area contributed by atoms with Crippen LogP contribution in [0.3, 0.4) is 0 Å². The Kier molecular flexibility index (Phi) is 15.8. The molecule has 0 spiro atoms. The number of aromatic nitrogens is 4. The van der Waals surface area contributed by atoms with Crippen molar-refractivity contribution in [1.29, 1.82) is 0 Å². The summed E-state index contributed by atoms with van der Waals surface area (Å²) >= 11 is 0.